The molecule has 0 saturated carbocycles. The molecule has 0 radical (unpaired) electrons. The maximum atomic E-state index is 11.2. The van der Waals surface area contributed by atoms with E-state index in [0.717, 1.165) is 24.4 Å². The molecule has 8 heteroatoms. The number of primary amides is 1. The van der Waals surface area contributed by atoms with Crippen molar-refractivity contribution in [1.29, 1.82) is 0 Å². The topological polar surface area (TPSA) is 123 Å². The lowest BCUT2D eigenvalue weighted by Crippen LogP contribution is -2.23. The number of hydrogen-bond acceptors (Lipinski definition) is 6. The van der Waals surface area contributed by atoms with Gasteiger partial charge in [-0.05, 0) is 55.4 Å². The number of nitrogens with two attached hydrogens (primary N) is 1. The monoisotopic (exact) mass is 387 g/mol. The largest absolute Gasteiger partial charge is 0.507 e. The molecule has 0 aliphatic carbocycles. The zero-order valence-electron chi connectivity index (χ0n) is 15.7. The molecular weight excluding hydrogens is 362 g/mol. The summed E-state index contributed by atoms with van der Waals surface area (Å²) in [5, 5.41) is 15.5. The van der Waals surface area contributed by atoms with Crippen molar-refractivity contribution in [1.82, 2.24) is 5.32 Å². The SMILES string of the molecule is CC(=O)Nc1ccc(OCCCNCCOc2ccc(O)c(C(N)=O)c2)cc1. The van der Waals surface area contributed by atoms with Gasteiger partial charge in [0.05, 0.1) is 12.2 Å². The quantitative estimate of drug-likeness (QED) is 0.437. The maximum absolute atomic E-state index is 11.2. The Morgan fingerprint density at radius 2 is 1.68 bits per heavy atom. The normalized spacial score (nSPS) is 10.3. The molecule has 0 heterocycles. The number of ether oxygens (including phenoxy) is 2. The number of amides is 2. The van der Waals surface area contributed by atoms with E-state index < -0.39 is 5.91 Å². The van der Waals surface area contributed by atoms with Gasteiger partial charge in [-0.25, -0.2) is 0 Å². The van der Waals surface area contributed by atoms with Gasteiger partial charge in [-0.3, -0.25) is 9.59 Å². The van der Waals surface area contributed by atoms with Crippen LogP contribution in [0.1, 0.15) is 23.7 Å². The summed E-state index contributed by atoms with van der Waals surface area (Å²) in [5.41, 5.74) is 5.95. The van der Waals surface area contributed by atoms with Gasteiger partial charge in [0, 0.05) is 19.2 Å². The molecule has 0 spiro atoms. The highest BCUT2D eigenvalue weighted by Crippen LogP contribution is 2.22. The van der Waals surface area contributed by atoms with E-state index in [1.165, 1.54) is 19.1 Å². The molecule has 0 saturated heterocycles. The van der Waals surface area contributed by atoms with E-state index in [4.69, 9.17) is 15.2 Å². The van der Waals surface area contributed by atoms with Crippen LogP contribution in [0.4, 0.5) is 5.69 Å². The van der Waals surface area contributed by atoms with Gasteiger partial charge in [-0.2, -0.15) is 0 Å². The van der Waals surface area contributed by atoms with Gasteiger partial charge in [0.2, 0.25) is 5.91 Å². The lowest BCUT2D eigenvalue weighted by Gasteiger charge is -2.10. The van der Waals surface area contributed by atoms with E-state index in [2.05, 4.69) is 10.6 Å². The van der Waals surface area contributed by atoms with E-state index in [9.17, 15) is 14.7 Å². The first-order valence-corrected chi connectivity index (χ1v) is 8.92. The number of carbonyl (C=O) groups excluding carboxylic acids is 2. The van der Waals surface area contributed by atoms with Crippen LogP contribution in [0.25, 0.3) is 0 Å². The molecule has 0 aliphatic heterocycles. The molecule has 150 valence electrons. The number of phenols is 1. The molecule has 5 N–H and O–H groups in total. The van der Waals surface area contributed by atoms with Gasteiger partial charge in [0.25, 0.3) is 5.91 Å². The molecule has 0 atom stereocenters. The molecular formula is C20H25N3O5. The number of hydrogen-bond donors (Lipinski definition) is 4. The van der Waals surface area contributed by atoms with Crippen molar-refractivity contribution in [2.45, 2.75) is 13.3 Å². The summed E-state index contributed by atoms with van der Waals surface area (Å²) in [6, 6.07) is 11.6. The molecule has 8 nitrogen and oxygen atoms in total. The van der Waals surface area contributed by atoms with Crippen LogP contribution in [-0.2, 0) is 4.79 Å². The first-order valence-electron chi connectivity index (χ1n) is 8.92. The predicted molar refractivity (Wildman–Crippen MR) is 106 cm³/mol. The minimum atomic E-state index is -0.703. The zero-order valence-corrected chi connectivity index (χ0v) is 15.7. The fourth-order valence-electron chi connectivity index (χ4n) is 2.39. The van der Waals surface area contributed by atoms with Gasteiger partial charge in [0.1, 0.15) is 23.9 Å². The fraction of sp³-hybridized carbons (Fsp3) is 0.300. The van der Waals surface area contributed by atoms with E-state index in [1.807, 2.05) is 12.1 Å². The van der Waals surface area contributed by atoms with Crippen LogP contribution in [-0.4, -0.2) is 43.2 Å². The third-order valence-corrected chi connectivity index (χ3v) is 3.72. The number of anilines is 1. The Morgan fingerprint density at radius 1 is 1.00 bits per heavy atom. The summed E-state index contributed by atoms with van der Waals surface area (Å²) < 4.78 is 11.2. The second-order valence-electron chi connectivity index (χ2n) is 6.05. The van der Waals surface area contributed by atoms with Crippen molar-refractivity contribution in [3.05, 3.63) is 48.0 Å². The minimum Gasteiger partial charge on any atom is -0.507 e. The summed E-state index contributed by atoms with van der Waals surface area (Å²) in [7, 11) is 0. The van der Waals surface area contributed by atoms with Crippen LogP contribution in [0.5, 0.6) is 17.2 Å². The maximum Gasteiger partial charge on any atom is 0.252 e. The van der Waals surface area contributed by atoms with Gasteiger partial charge >= 0.3 is 0 Å². The van der Waals surface area contributed by atoms with Crippen LogP contribution in [0, 0.1) is 0 Å². The predicted octanol–water partition coefficient (Wildman–Crippen LogP) is 1.89. The van der Waals surface area contributed by atoms with E-state index in [1.54, 1.807) is 18.2 Å². The third kappa shape index (κ3) is 7.16. The van der Waals surface area contributed by atoms with E-state index >= 15 is 0 Å². The van der Waals surface area contributed by atoms with Gasteiger partial charge in [-0.15, -0.1) is 0 Å². The molecule has 2 rings (SSSR count). The van der Waals surface area contributed by atoms with E-state index in [-0.39, 0.29) is 17.2 Å². The van der Waals surface area contributed by atoms with Gasteiger partial charge in [0.15, 0.2) is 0 Å². The highest BCUT2D eigenvalue weighted by atomic mass is 16.5. The van der Waals surface area contributed by atoms with Crippen molar-refractivity contribution >= 4 is 17.5 Å². The average Bonchev–Trinajstić information content (AvgIpc) is 2.65. The molecule has 2 aromatic carbocycles. The van der Waals surface area contributed by atoms with Crippen molar-refractivity contribution in [3.8, 4) is 17.2 Å². The Balaban J connectivity index is 1.57. The number of nitrogens with one attached hydrogen (secondary N) is 2. The van der Waals surface area contributed by atoms with Crippen molar-refractivity contribution in [2.75, 3.05) is 31.6 Å². The third-order valence-electron chi connectivity index (χ3n) is 3.72. The molecule has 0 aliphatic rings. The van der Waals surface area contributed by atoms with Crippen LogP contribution in [0.15, 0.2) is 42.5 Å². The minimum absolute atomic E-state index is 0.0349. The Labute approximate surface area is 163 Å². The number of benzene rings is 2. The molecule has 28 heavy (non-hydrogen) atoms. The average molecular weight is 387 g/mol. The molecule has 0 unspecified atom stereocenters. The van der Waals surface area contributed by atoms with Crippen LogP contribution in [0.2, 0.25) is 0 Å². The molecule has 0 aromatic heterocycles. The summed E-state index contributed by atoms with van der Waals surface area (Å²) in [6.45, 7) is 3.82. The molecule has 0 fully saturated rings. The first-order chi connectivity index (χ1) is 13.5. The van der Waals surface area contributed by atoms with Crippen LogP contribution in [0.3, 0.4) is 0 Å². The smallest absolute Gasteiger partial charge is 0.252 e. The van der Waals surface area contributed by atoms with Gasteiger partial charge in [-0.1, -0.05) is 0 Å². The Bertz CT molecular complexity index is 793. The van der Waals surface area contributed by atoms with Crippen LogP contribution < -0.4 is 25.8 Å². The molecule has 2 amide bonds. The Kier molecular flexibility index (Phi) is 8.11. The summed E-state index contributed by atoms with van der Waals surface area (Å²) >= 11 is 0. The lowest BCUT2D eigenvalue weighted by molar-refractivity contribution is -0.114. The molecule has 0 bridgehead atoms. The van der Waals surface area contributed by atoms with Crippen molar-refractivity contribution < 1.29 is 24.2 Å². The lowest BCUT2D eigenvalue weighted by atomic mass is 10.2. The standard InChI is InChI=1S/C20H25N3O5/c1-14(24)23-15-3-5-16(6-4-15)27-11-2-9-22-10-12-28-17-7-8-19(25)18(13-17)20(21)26/h3-8,13,22,25H,2,9-12H2,1H3,(H2,21,26)(H,23,24). The summed E-state index contributed by atoms with van der Waals surface area (Å²) in [5.74, 6) is 0.241. The Hall–Kier alpha value is -3.26. The molecule has 2 aromatic rings. The zero-order chi connectivity index (χ0) is 20.4. The number of rotatable bonds is 11. The van der Waals surface area contributed by atoms with Crippen LogP contribution >= 0.6 is 0 Å². The number of aromatic hydroxyl groups is 1. The second kappa shape index (κ2) is 10.8. The summed E-state index contributed by atoms with van der Waals surface area (Å²) in [6.07, 6.45) is 0.818. The highest BCUT2D eigenvalue weighted by molar-refractivity contribution is 5.95. The van der Waals surface area contributed by atoms with Gasteiger partial charge < -0.3 is 30.9 Å². The first kappa shape index (κ1) is 21.0. The van der Waals surface area contributed by atoms with Crippen molar-refractivity contribution in [3.63, 3.8) is 0 Å². The fourth-order valence-corrected chi connectivity index (χ4v) is 2.39. The second-order valence-corrected chi connectivity index (χ2v) is 6.05. The number of carbonyl (C=O) groups is 2. The highest BCUT2D eigenvalue weighted by Gasteiger charge is 2.08. The summed E-state index contributed by atoms with van der Waals surface area (Å²) in [4.78, 5) is 22.1. The van der Waals surface area contributed by atoms with Crippen molar-refractivity contribution in [2.24, 2.45) is 5.73 Å². The van der Waals surface area contributed by atoms with E-state index in [0.29, 0.717) is 25.5 Å². The Morgan fingerprint density at radius 3 is 2.36 bits per heavy atom.